The standard InChI is InChI=1S/C21H23N3O4.ClH/c1-26-21(18-13-27-14-28-18,11-15-5-3-2-4-6-15)20(25)24-12-16-7-9-17(10-8-16)19(22)23;/h2-10,13H,11-12,14H2,1H3,(H3,22,23)(H,24,25);1H/t21-;/m0./s1. The number of carbonyl (C=O) groups is 1. The van der Waals surface area contributed by atoms with E-state index >= 15 is 0 Å². The molecule has 0 saturated heterocycles. The number of rotatable bonds is 8. The van der Waals surface area contributed by atoms with Crippen LogP contribution in [0.4, 0.5) is 0 Å². The molecule has 4 N–H and O–H groups in total. The molecule has 0 unspecified atom stereocenters. The summed E-state index contributed by atoms with van der Waals surface area (Å²) in [5, 5.41) is 10.4. The second kappa shape index (κ2) is 9.95. The van der Waals surface area contributed by atoms with Crippen LogP contribution in [0.1, 0.15) is 16.7 Å². The van der Waals surface area contributed by atoms with Crippen molar-refractivity contribution in [3.8, 4) is 0 Å². The normalized spacial score (nSPS) is 14.4. The predicted octanol–water partition coefficient (Wildman–Crippen LogP) is 2.48. The van der Waals surface area contributed by atoms with Crippen LogP contribution in [-0.4, -0.2) is 31.2 Å². The van der Waals surface area contributed by atoms with Gasteiger partial charge in [-0.25, -0.2) is 0 Å². The van der Waals surface area contributed by atoms with Gasteiger partial charge in [-0.15, -0.1) is 12.4 Å². The molecule has 7 nitrogen and oxygen atoms in total. The van der Waals surface area contributed by atoms with Crippen LogP contribution < -0.4 is 11.1 Å². The van der Waals surface area contributed by atoms with Crippen molar-refractivity contribution >= 4 is 24.1 Å². The van der Waals surface area contributed by atoms with Gasteiger partial charge in [0.2, 0.25) is 12.4 Å². The Morgan fingerprint density at radius 1 is 1.17 bits per heavy atom. The largest absolute Gasteiger partial charge is 0.461 e. The van der Waals surface area contributed by atoms with Gasteiger partial charge in [0.15, 0.2) is 5.76 Å². The fourth-order valence-corrected chi connectivity index (χ4v) is 3.01. The number of hydrogen-bond donors (Lipinski definition) is 3. The fourth-order valence-electron chi connectivity index (χ4n) is 3.01. The second-order valence-corrected chi connectivity index (χ2v) is 6.40. The third-order valence-corrected chi connectivity index (χ3v) is 4.60. The van der Waals surface area contributed by atoms with E-state index in [0.717, 1.165) is 11.1 Å². The van der Waals surface area contributed by atoms with E-state index in [1.807, 2.05) is 42.5 Å². The first kappa shape index (κ1) is 22.3. The number of nitrogens with one attached hydrogen (secondary N) is 2. The number of halogens is 1. The Balaban J connectivity index is 0.00000300. The number of methoxy groups -OCH3 is 1. The minimum atomic E-state index is -1.34. The molecule has 0 saturated carbocycles. The minimum absolute atomic E-state index is 0. The number of benzene rings is 2. The topological polar surface area (TPSA) is 107 Å². The Hall–Kier alpha value is -3.03. The third kappa shape index (κ3) is 5.07. The average molecular weight is 418 g/mol. The molecular formula is C21H24ClN3O4. The molecule has 0 aliphatic carbocycles. The van der Waals surface area contributed by atoms with Gasteiger partial charge in [0, 0.05) is 25.6 Å². The van der Waals surface area contributed by atoms with Gasteiger partial charge in [-0.05, 0) is 11.1 Å². The molecule has 1 atom stereocenters. The van der Waals surface area contributed by atoms with Gasteiger partial charge >= 0.3 is 0 Å². The highest BCUT2D eigenvalue weighted by molar-refractivity contribution is 5.94. The van der Waals surface area contributed by atoms with Crippen LogP contribution >= 0.6 is 12.4 Å². The smallest absolute Gasteiger partial charge is 0.260 e. The zero-order chi connectivity index (χ0) is 20.0. The van der Waals surface area contributed by atoms with E-state index in [1.54, 1.807) is 12.1 Å². The van der Waals surface area contributed by atoms with Crippen molar-refractivity contribution in [2.24, 2.45) is 5.73 Å². The summed E-state index contributed by atoms with van der Waals surface area (Å²) in [5.74, 6) is 0.0108. The molecule has 0 fully saturated rings. The first-order valence-electron chi connectivity index (χ1n) is 8.81. The monoisotopic (exact) mass is 417 g/mol. The van der Waals surface area contributed by atoms with Gasteiger partial charge in [-0.3, -0.25) is 10.2 Å². The Morgan fingerprint density at radius 2 is 1.86 bits per heavy atom. The molecule has 1 heterocycles. The Bertz CT molecular complexity index is 871. The van der Waals surface area contributed by atoms with Gasteiger partial charge in [0.1, 0.15) is 12.1 Å². The highest BCUT2D eigenvalue weighted by Crippen LogP contribution is 2.30. The summed E-state index contributed by atoms with van der Waals surface area (Å²) in [6.07, 6.45) is 1.72. The Labute approximate surface area is 175 Å². The molecule has 3 rings (SSSR count). The first-order chi connectivity index (χ1) is 13.5. The molecule has 0 aromatic heterocycles. The number of nitrogen functional groups attached to an aromatic ring is 1. The number of nitrogens with two attached hydrogens (primary N) is 1. The van der Waals surface area contributed by atoms with Gasteiger partial charge in [-0.1, -0.05) is 54.6 Å². The van der Waals surface area contributed by atoms with Crippen LogP contribution in [0.5, 0.6) is 0 Å². The quantitative estimate of drug-likeness (QED) is 0.452. The van der Waals surface area contributed by atoms with E-state index in [0.29, 0.717) is 24.3 Å². The van der Waals surface area contributed by atoms with E-state index in [1.165, 1.54) is 13.4 Å². The summed E-state index contributed by atoms with van der Waals surface area (Å²) in [4.78, 5) is 13.2. The molecule has 1 aliphatic rings. The molecule has 29 heavy (non-hydrogen) atoms. The first-order valence-corrected chi connectivity index (χ1v) is 8.81. The van der Waals surface area contributed by atoms with Crippen LogP contribution in [0.15, 0.2) is 66.6 Å². The number of hydrogen-bond acceptors (Lipinski definition) is 5. The van der Waals surface area contributed by atoms with Crippen molar-refractivity contribution in [1.29, 1.82) is 5.41 Å². The highest BCUT2D eigenvalue weighted by atomic mass is 35.5. The molecule has 8 heteroatoms. The van der Waals surface area contributed by atoms with Gasteiger partial charge in [0.25, 0.3) is 5.91 Å². The molecule has 0 spiro atoms. The molecule has 2 aromatic carbocycles. The molecule has 1 amide bonds. The second-order valence-electron chi connectivity index (χ2n) is 6.40. The molecule has 0 bridgehead atoms. The summed E-state index contributed by atoms with van der Waals surface area (Å²) < 4.78 is 16.4. The highest BCUT2D eigenvalue weighted by Gasteiger charge is 2.46. The van der Waals surface area contributed by atoms with Crippen LogP contribution in [0.3, 0.4) is 0 Å². The number of carbonyl (C=O) groups excluding carboxylic acids is 1. The summed E-state index contributed by atoms with van der Waals surface area (Å²) in [5.41, 5.74) is 6.57. The van der Waals surface area contributed by atoms with Gasteiger partial charge < -0.3 is 25.3 Å². The van der Waals surface area contributed by atoms with Crippen molar-refractivity contribution in [2.45, 2.75) is 18.6 Å². The van der Waals surface area contributed by atoms with Crippen molar-refractivity contribution in [3.05, 3.63) is 83.3 Å². The predicted molar refractivity (Wildman–Crippen MR) is 112 cm³/mol. The lowest BCUT2D eigenvalue weighted by Crippen LogP contribution is -2.51. The van der Waals surface area contributed by atoms with E-state index < -0.39 is 5.60 Å². The minimum Gasteiger partial charge on any atom is -0.461 e. The van der Waals surface area contributed by atoms with Gasteiger partial charge in [-0.2, -0.15) is 0 Å². The van der Waals surface area contributed by atoms with Crippen molar-refractivity contribution in [3.63, 3.8) is 0 Å². The van der Waals surface area contributed by atoms with E-state index in [4.69, 9.17) is 25.4 Å². The summed E-state index contributed by atoms with van der Waals surface area (Å²) in [6.45, 7) is 0.347. The average Bonchev–Trinajstić information content (AvgIpc) is 3.26. The van der Waals surface area contributed by atoms with Crippen molar-refractivity contribution in [1.82, 2.24) is 5.32 Å². The van der Waals surface area contributed by atoms with E-state index in [2.05, 4.69) is 5.32 Å². The SMILES string of the molecule is CO[C@](Cc1ccccc1)(C(=O)NCc1ccc(C(=N)N)cc1)C1=COCO1.Cl. The zero-order valence-electron chi connectivity index (χ0n) is 16.0. The van der Waals surface area contributed by atoms with Crippen molar-refractivity contribution < 1.29 is 19.0 Å². The zero-order valence-corrected chi connectivity index (χ0v) is 16.8. The lowest BCUT2D eigenvalue weighted by Gasteiger charge is -2.30. The molecule has 0 radical (unpaired) electrons. The maximum Gasteiger partial charge on any atom is 0.260 e. The molecular weight excluding hydrogens is 394 g/mol. The van der Waals surface area contributed by atoms with Crippen molar-refractivity contribution in [2.75, 3.05) is 13.9 Å². The third-order valence-electron chi connectivity index (χ3n) is 4.60. The molecule has 154 valence electrons. The van der Waals surface area contributed by atoms with Gasteiger partial charge in [0.05, 0.1) is 0 Å². The van der Waals surface area contributed by atoms with Crippen LogP contribution in [0.2, 0.25) is 0 Å². The van der Waals surface area contributed by atoms with E-state index in [9.17, 15) is 4.79 Å². The van der Waals surface area contributed by atoms with Crippen LogP contribution in [-0.2, 0) is 32.0 Å². The Morgan fingerprint density at radius 3 is 2.41 bits per heavy atom. The fraction of sp³-hybridized carbons (Fsp3) is 0.238. The van der Waals surface area contributed by atoms with E-state index in [-0.39, 0.29) is 30.9 Å². The number of amidine groups is 1. The molecule has 2 aromatic rings. The lowest BCUT2D eigenvalue weighted by molar-refractivity contribution is -0.143. The summed E-state index contributed by atoms with van der Waals surface area (Å²) >= 11 is 0. The number of amides is 1. The van der Waals surface area contributed by atoms with Crippen LogP contribution in [0.25, 0.3) is 0 Å². The maximum absolute atomic E-state index is 13.2. The Kier molecular flexibility index (Phi) is 7.64. The van der Waals surface area contributed by atoms with Crippen LogP contribution in [0, 0.1) is 5.41 Å². The lowest BCUT2D eigenvalue weighted by atomic mass is 9.91. The summed E-state index contributed by atoms with van der Waals surface area (Å²) in [7, 11) is 1.48. The summed E-state index contributed by atoms with van der Waals surface area (Å²) in [6, 6.07) is 16.7. The number of ether oxygens (including phenoxy) is 3. The maximum atomic E-state index is 13.2. The molecule has 1 aliphatic heterocycles.